The van der Waals surface area contributed by atoms with Crippen LogP contribution in [0.3, 0.4) is 0 Å². The van der Waals surface area contributed by atoms with Gasteiger partial charge in [0, 0.05) is 37.5 Å². The number of aromatic nitrogens is 1. The van der Waals surface area contributed by atoms with Crippen molar-refractivity contribution in [1.29, 1.82) is 0 Å². The van der Waals surface area contributed by atoms with E-state index in [4.69, 9.17) is 9.57 Å². The minimum Gasteiger partial charge on any atom is -0.417 e. The molecular formula is C34H57N5O5. The fourth-order valence-corrected chi connectivity index (χ4v) is 4.61. The fourth-order valence-electron chi connectivity index (χ4n) is 4.61. The first-order valence-corrected chi connectivity index (χ1v) is 16.1. The zero-order chi connectivity index (χ0) is 32.7. The summed E-state index contributed by atoms with van der Waals surface area (Å²) in [6.45, 7) is 14.4. The van der Waals surface area contributed by atoms with Crippen molar-refractivity contribution >= 4 is 28.6 Å². The van der Waals surface area contributed by atoms with Gasteiger partial charge in [-0.1, -0.05) is 77.7 Å². The molecule has 2 aliphatic heterocycles. The number of methoxy groups -OCH3 is 1. The van der Waals surface area contributed by atoms with Crippen LogP contribution in [0.4, 0.5) is 0 Å². The topological polar surface area (TPSA) is 114 Å². The van der Waals surface area contributed by atoms with Gasteiger partial charge in [0.15, 0.2) is 0 Å². The van der Waals surface area contributed by atoms with Crippen LogP contribution < -0.4 is 20.8 Å². The van der Waals surface area contributed by atoms with Crippen LogP contribution >= 0.6 is 0 Å². The van der Waals surface area contributed by atoms with Gasteiger partial charge in [-0.25, -0.2) is 0 Å². The Hall–Kier alpha value is -3.53. The first kappa shape index (κ1) is 38.5. The third kappa shape index (κ3) is 14.3. The van der Waals surface area contributed by atoms with Gasteiger partial charge in [0.1, 0.15) is 13.2 Å². The molecule has 10 nitrogen and oxygen atoms in total. The number of carbonyl (C=O) groups excluding carboxylic acids is 3. The summed E-state index contributed by atoms with van der Waals surface area (Å²) in [6.07, 6.45) is 12.5. The van der Waals surface area contributed by atoms with E-state index in [9.17, 15) is 14.4 Å². The quantitative estimate of drug-likeness (QED) is 0.388. The molecule has 2 aromatic rings. The predicted octanol–water partition coefficient (Wildman–Crippen LogP) is 4.74. The number of nitrogens with one attached hydrogen (secondary N) is 3. The predicted molar refractivity (Wildman–Crippen MR) is 178 cm³/mol. The minimum absolute atomic E-state index is 0.0919. The van der Waals surface area contributed by atoms with Gasteiger partial charge in [-0.15, -0.1) is 0 Å². The molecule has 0 spiro atoms. The van der Waals surface area contributed by atoms with E-state index in [1.165, 1.54) is 49.5 Å². The van der Waals surface area contributed by atoms with Gasteiger partial charge < -0.3 is 30.4 Å². The van der Waals surface area contributed by atoms with E-state index in [1.807, 2.05) is 29.3 Å². The molecule has 1 atom stereocenters. The highest BCUT2D eigenvalue weighted by Gasteiger charge is 2.30. The standard InChI is InChI=1S/C13H20N4O3.C10H11NO.C7H16O.C4H10/c1-9-6-14-11(18)7-15-12(19)8-16-13(20)10-4-2-3-5-17(9)10;1-8-7-11(12-2)10-6-4-3-5-9(8)10;1-3-4-5-6-7-8-2;1-3-4-2/h10H,1-8H2,(H,14,18)(H,15,19)(H,16,20);3-7H,1-2H3;3-7H2,1-2H3;3-4H2,1-2H3. The van der Waals surface area contributed by atoms with Gasteiger partial charge in [-0.3, -0.25) is 14.4 Å². The number of amides is 3. The minimum atomic E-state index is -0.366. The van der Waals surface area contributed by atoms with Gasteiger partial charge in [0.25, 0.3) is 0 Å². The van der Waals surface area contributed by atoms with Crippen molar-refractivity contribution < 1.29 is 24.0 Å². The van der Waals surface area contributed by atoms with Gasteiger partial charge in [0.05, 0.1) is 25.2 Å². The third-order valence-electron chi connectivity index (χ3n) is 7.35. The first-order valence-electron chi connectivity index (χ1n) is 16.1. The summed E-state index contributed by atoms with van der Waals surface area (Å²) in [5, 5.41) is 9.01. The molecule has 0 radical (unpaired) electrons. The maximum atomic E-state index is 12.2. The number of hydrogen-bond acceptors (Lipinski definition) is 6. The molecule has 1 unspecified atom stereocenters. The van der Waals surface area contributed by atoms with Crippen LogP contribution in [-0.4, -0.2) is 80.4 Å². The molecule has 2 saturated heterocycles. The van der Waals surface area contributed by atoms with E-state index in [-0.39, 0.29) is 36.9 Å². The Labute approximate surface area is 264 Å². The summed E-state index contributed by atoms with van der Waals surface area (Å²) < 4.78 is 6.67. The molecule has 44 heavy (non-hydrogen) atoms. The van der Waals surface area contributed by atoms with Crippen LogP contribution in [0.2, 0.25) is 0 Å². The first-order chi connectivity index (χ1) is 21.2. The zero-order valence-electron chi connectivity index (χ0n) is 28.0. The number of benzene rings is 1. The van der Waals surface area contributed by atoms with Crippen LogP contribution in [0.25, 0.3) is 10.9 Å². The molecule has 1 aromatic carbocycles. The lowest BCUT2D eigenvalue weighted by atomic mass is 10.0. The SMILES string of the molecule is C=C1CNC(=O)CNC(=O)CNC(=O)C2CCCCN12.CCCC.CCCCCCOC.COn1cc(C)c2ccccc21. The van der Waals surface area contributed by atoms with Crippen molar-refractivity contribution in [2.45, 2.75) is 91.5 Å². The molecule has 248 valence electrons. The highest BCUT2D eigenvalue weighted by Crippen LogP contribution is 2.21. The number of fused-ring (bicyclic) bond motifs is 2. The summed E-state index contributed by atoms with van der Waals surface area (Å²) in [5.41, 5.74) is 3.09. The number of piperidine rings is 1. The largest absolute Gasteiger partial charge is 0.417 e. The van der Waals surface area contributed by atoms with Crippen molar-refractivity contribution in [1.82, 2.24) is 25.6 Å². The Kier molecular flexibility index (Phi) is 20.1. The second-order valence-corrected chi connectivity index (χ2v) is 10.9. The Bertz CT molecular complexity index is 1080. The monoisotopic (exact) mass is 615 g/mol. The smallest absolute Gasteiger partial charge is 0.243 e. The van der Waals surface area contributed by atoms with Crippen molar-refractivity contribution in [3.8, 4) is 0 Å². The highest BCUT2D eigenvalue weighted by molar-refractivity contribution is 5.90. The maximum absolute atomic E-state index is 12.2. The molecule has 3 amide bonds. The molecule has 0 aliphatic carbocycles. The van der Waals surface area contributed by atoms with E-state index in [1.54, 1.807) is 19.0 Å². The summed E-state index contributed by atoms with van der Waals surface area (Å²) in [7, 11) is 3.43. The molecule has 3 N–H and O–H groups in total. The van der Waals surface area contributed by atoms with E-state index in [0.29, 0.717) is 6.54 Å². The lowest BCUT2D eigenvalue weighted by molar-refractivity contribution is -0.130. The number of ether oxygens (including phenoxy) is 1. The molecule has 3 heterocycles. The number of aryl methyl sites for hydroxylation is 1. The van der Waals surface area contributed by atoms with Crippen LogP contribution in [-0.2, 0) is 19.1 Å². The zero-order valence-corrected chi connectivity index (χ0v) is 28.0. The number of para-hydroxylation sites is 1. The number of hydrogen-bond donors (Lipinski definition) is 3. The molecule has 1 aromatic heterocycles. The average Bonchev–Trinajstić information content (AvgIpc) is 3.39. The van der Waals surface area contributed by atoms with E-state index < -0.39 is 0 Å². The number of unbranched alkanes of at least 4 members (excludes halogenated alkanes) is 4. The van der Waals surface area contributed by atoms with Gasteiger partial charge in [0.2, 0.25) is 17.7 Å². The summed E-state index contributed by atoms with van der Waals surface area (Å²) in [6, 6.07) is 7.89. The lowest BCUT2D eigenvalue weighted by Gasteiger charge is -2.37. The van der Waals surface area contributed by atoms with Gasteiger partial charge >= 0.3 is 0 Å². The highest BCUT2D eigenvalue weighted by atomic mass is 16.6. The molecule has 4 rings (SSSR count). The van der Waals surface area contributed by atoms with Crippen molar-refractivity contribution in [3.63, 3.8) is 0 Å². The molecular weight excluding hydrogens is 558 g/mol. The molecule has 10 heteroatoms. The van der Waals surface area contributed by atoms with Gasteiger partial charge in [-0.2, -0.15) is 4.73 Å². The average molecular weight is 616 g/mol. The van der Waals surface area contributed by atoms with Crippen LogP contribution in [0.15, 0.2) is 42.7 Å². The molecule has 2 fully saturated rings. The van der Waals surface area contributed by atoms with Gasteiger partial charge in [-0.05, 0) is 44.2 Å². The van der Waals surface area contributed by atoms with E-state index in [2.05, 4.69) is 56.3 Å². The van der Waals surface area contributed by atoms with Crippen molar-refractivity contribution in [2.24, 2.45) is 0 Å². The second kappa shape index (κ2) is 22.9. The molecule has 2 aliphatic rings. The van der Waals surface area contributed by atoms with E-state index >= 15 is 0 Å². The van der Waals surface area contributed by atoms with Crippen molar-refractivity contribution in [3.05, 3.63) is 48.3 Å². The normalized spacial score (nSPS) is 17.0. The summed E-state index contributed by atoms with van der Waals surface area (Å²) in [5.74, 6) is -0.789. The number of carbonyl (C=O) groups is 3. The van der Waals surface area contributed by atoms with Crippen molar-refractivity contribution in [2.75, 3.05) is 47.0 Å². The maximum Gasteiger partial charge on any atom is 0.243 e. The number of nitrogens with zero attached hydrogens (tertiary/aromatic N) is 2. The molecule has 0 saturated carbocycles. The third-order valence-corrected chi connectivity index (χ3v) is 7.35. The van der Waals surface area contributed by atoms with Crippen LogP contribution in [0.1, 0.15) is 84.1 Å². The Balaban J connectivity index is 0.000000341. The summed E-state index contributed by atoms with van der Waals surface area (Å²) >= 11 is 0. The Morgan fingerprint density at radius 2 is 1.52 bits per heavy atom. The van der Waals surface area contributed by atoms with Crippen LogP contribution in [0.5, 0.6) is 0 Å². The Morgan fingerprint density at radius 3 is 2.16 bits per heavy atom. The number of rotatable bonds is 7. The van der Waals surface area contributed by atoms with Crippen LogP contribution in [0, 0.1) is 6.92 Å². The fraction of sp³-hybridized carbons (Fsp3) is 0.618. The second-order valence-electron chi connectivity index (χ2n) is 10.9. The lowest BCUT2D eigenvalue weighted by Crippen LogP contribution is -2.53. The van der Waals surface area contributed by atoms with E-state index in [0.717, 1.165) is 43.6 Å². The summed E-state index contributed by atoms with van der Waals surface area (Å²) in [4.78, 5) is 42.3. The molecule has 0 bridgehead atoms. The Morgan fingerprint density at radius 1 is 0.864 bits per heavy atom.